The van der Waals surface area contributed by atoms with Gasteiger partial charge in [0, 0.05) is 30.6 Å². The van der Waals surface area contributed by atoms with Crippen LogP contribution in [0, 0.1) is 5.92 Å². The smallest absolute Gasteiger partial charge is 0.0931 e. The first kappa shape index (κ1) is 13.3. The molecular formula is C13H21ClN2S. The van der Waals surface area contributed by atoms with Crippen LogP contribution in [0.2, 0.25) is 4.34 Å². The van der Waals surface area contributed by atoms with Crippen molar-refractivity contribution in [1.82, 2.24) is 10.2 Å². The van der Waals surface area contributed by atoms with Gasteiger partial charge in [0.2, 0.25) is 0 Å². The zero-order valence-electron chi connectivity index (χ0n) is 10.6. The zero-order valence-corrected chi connectivity index (χ0v) is 12.2. The summed E-state index contributed by atoms with van der Waals surface area (Å²) in [6, 6.07) is 4.80. The Morgan fingerprint density at radius 3 is 2.88 bits per heavy atom. The molecule has 2 nitrogen and oxygen atoms in total. The first-order chi connectivity index (χ1) is 8.16. The molecule has 1 N–H and O–H groups in total. The third-order valence-electron chi connectivity index (χ3n) is 3.57. The van der Waals surface area contributed by atoms with Crippen molar-refractivity contribution < 1.29 is 0 Å². The van der Waals surface area contributed by atoms with Gasteiger partial charge < -0.3 is 10.2 Å². The second-order valence-electron chi connectivity index (χ2n) is 4.94. The molecule has 0 aliphatic heterocycles. The van der Waals surface area contributed by atoms with Gasteiger partial charge in [-0.25, -0.2) is 0 Å². The van der Waals surface area contributed by atoms with Gasteiger partial charge >= 0.3 is 0 Å². The number of nitrogens with zero attached hydrogens (tertiary/aromatic N) is 1. The van der Waals surface area contributed by atoms with E-state index in [1.165, 1.54) is 17.7 Å². The van der Waals surface area contributed by atoms with Crippen molar-refractivity contribution in [1.29, 1.82) is 0 Å². The number of rotatable bonds is 7. The number of hydrogen-bond acceptors (Lipinski definition) is 3. The summed E-state index contributed by atoms with van der Waals surface area (Å²) in [5.41, 5.74) is 0. The van der Waals surface area contributed by atoms with Crippen molar-refractivity contribution in [2.24, 2.45) is 5.92 Å². The highest BCUT2D eigenvalue weighted by Crippen LogP contribution is 2.34. The van der Waals surface area contributed by atoms with Crippen LogP contribution < -0.4 is 5.32 Å². The van der Waals surface area contributed by atoms with Crippen LogP contribution in [-0.2, 0) is 6.54 Å². The van der Waals surface area contributed by atoms with E-state index in [9.17, 15) is 0 Å². The third-order valence-corrected chi connectivity index (χ3v) is 4.80. The van der Waals surface area contributed by atoms with Gasteiger partial charge in [-0.15, -0.1) is 11.3 Å². The largest absolute Gasteiger partial charge is 0.311 e. The van der Waals surface area contributed by atoms with E-state index in [0.717, 1.165) is 35.9 Å². The maximum absolute atomic E-state index is 5.89. The fourth-order valence-corrected chi connectivity index (χ4v) is 3.11. The minimum absolute atomic E-state index is 0.744. The Morgan fingerprint density at radius 1 is 1.53 bits per heavy atom. The van der Waals surface area contributed by atoms with Crippen molar-refractivity contribution in [2.75, 3.05) is 20.1 Å². The summed E-state index contributed by atoms with van der Waals surface area (Å²) < 4.78 is 0.876. The quantitative estimate of drug-likeness (QED) is 0.767. The molecule has 17 heavy (non-hydrogen) atoms. The van der Waals surface area contributed by atoms with Gasteiger partial charge in [-0.2, -0.15) is 0 Å². The molecule has 1 saturated carbocycles. The van der Waals surface area contributed by atoms with E-state index >= 15 is 0 Å². The summed E-state index contributed by atoms with van der Waals surface area (Å²) >= 11 is 7.55. The number of likely N-dealkylation sites (N-methyl/N-ethyl adjacent to an activating group) is 1. The molecule has 1 fully saturated rings. The molecule has 0 bridgehead atoms. The second-order valence-corrected chi connectivity index (χ2v) is 6.74. The van der Waals surface area contributed by atoms with Crippen LogP contribution in [-0.4, -0.2) is 31.1 Å². The molecule has 1 unspecified atom stereocenters. The summed E-state index contributed by atoms with van der Waals surface area (Å²) in [5, 5.41) is 3.47. The van der Waals surface area contributed by atoms with Crippen LogP contribution in [0.25, 0.3) is 0 Å². The standard InChI is InChI=1S/C13H21ClN2S/c1-10(11-3-4-11)16(2)8-7-15-9-12-5-6-13(14)17-12/h5-6,10-11,15H,3-4,7-9H2,1-2H3. The summed E-state index contributed by atoms with van der Waals surface area (Å²) in [4.78, 5) is 3.78. The van der Waals surface area contributed by atoms with E-state index in [1.54, 1.807) is 11.3 Å². The van der Waals surface area contributed by atoms with Crippen molar-refractivity contribution in [2.45, 2.75) is 32.4 Å². The molecule has 0 amide bonds. The monoisotopic (exact) mass is 272 g/mol. The van der Waals surface area contributed by atoms with E-state index in [0.29, 0.717) is 0 Å². The van der Waals surface area contributed by atoms with Crippen molar-refractivity contribution in [3.8, 4) is 0 Å². The number of nitrogens with one attached hydrogen (secondary N) is 1. The molecule has 1 heterocycles. The molecule has 1 aromatic heterocycles. The lowest BCUT2D eigenvalue weighted by molar-refractivity contribution is 0.234. The highest BCUT2D eigenvalue weighted by Gasteiger charge is 2.29. The topological polar surface area (TPSA) is 15.3 Å². The Labute approximate surface area is 113 Å². The number of halogens is 1. The molecule has 1 aromatic rings. The van der Waals surface area contributed by atoms with Crippen molar-refractivity contribution >= 4 is 22.9 Å². The first-order valence-electron chi connectivity index (χ1n) is 6.32. The Hall–Kier alpha value is -0.0900. The summed E-state index contributed by atoms with van der Waals surface area (Å²) in [6.07, 6.45) is 2.85. The first-order valence-corrected chi connectivity index (χ1v) is 7.51. The van der Waals surface area contributed by atoms with Gasteiger partial charge in [0.05, 0.1) is 4.34 Å². The molecule has 0 aromatic carbocycles. The van der Waals surface area contributed by atoms with E-state index in [1.807, 2.05) is 6.07 Å². The predicted molar refractivity (Wildman–Crippen MR) is 75.9 cm³/mol. The van der Waals surface area contributed by atoms with Crippen LogP contribution in [0.3, 0.4) is 0 Å². The predicted octanol–water partition coefficient (Wildman–Crippen LogP) is 3.22. The maximum atomic E-state index is 5.89. The fraction of sp³-hybridized carbons (Fsp3) is 0.692. The average Bonchev–Trinajstić information content (AvgIpc) is 3.07. The second kappa shape index (κ2) is 6.19. The van der Waals surface area contributed by atoms with Gasteiger partial charge in [-0.1, -0.05) is 11.6 Å². The minimum Gasteiger partial charge on any atom is -0.311 e. The van der Waals surface area contributed by atoms with E-state index in [-0.39, 0.29) is 0 Å². The molecule has 1 aliphatic carbocycles. The lowest BCUT2D eigenvalue weighted by Gasteiger charge is -2.24. The third kappa shape index (κ3) is 4.25. The molecule has 0 saturated heterocycles. The lowest BCUT2D eigenvalue weighted by atomic mass is 10.2. The Morgan fingerprint density at radius 2 is 2.29 bits per heavy atom. The van der Waals surface area contributed by atoms with Gasteiger partial charge in [0.1, 0.15) is 0 Å². The van der Waals surface area contributed by atoms with Gasteiger partial charge in [0.25, 0.3) is 0 Å². The Kier molecular flexibility index (Phi) is 4.86. The molecule has 2 rings (SSSR count). The Balaban J connectivity index is 1.59. The fourth-order valence-electron chi connectivity index (χ4n) is 2.06. The van der Waals surface area contributed by atoms with E-state index in [4.69, 9.17) is 11.6 Å². The van der Waals surface area contributed by atoms with Crippen LogP contribution in [0.4, 0.5) is 0 Å². The van der Waals surface area contributed by atoms with Gasteiger partial charge in [-0.05, 0) is 44.9 Å². The maximum Gasteiger partial charge on any atom is 0.0931 e. The van der Waals surface area contributed by atoms with Crippen molar-refractivity contribution in [3.05, 3.63) is 21.3 Å². The lowest BCUT2D eigenvalue weighted by Crippen LogP contribution is -2.36. The SMILES string of the molecule is CC(C1CC1)N(C)CCNCc1ccc(Cl)s1. The van der Waals surface area contributed by atoms with Crippen LogP contribution in [0.15, 0.2) is 12.1 Å². The zero-order chi connectivity index (χ0) is 12.3. The molecule has 96 valence electrons. The normalized spacial score (nSPS) is 17.6. The number of hydrogen-bond donors (Lipinski definition) is 1. The summed E-state index contributed by atoms with van der Waals surface area (Å²) in [7, 11) is 2.23. The molecule has 0 radical (unpaired) electrons. The molecular weight excluding hydrogens is 252 g/mol. The summed E-state index contributed by atoms with van der Waals surface area (Å²) in [6.45, 7) is 5.44. The molecule has 1 atom stereocenters. The van der Waals surface area contributed by atoms with E-state index in [2.05, 4.69) is 30.3 Å². The highest BCUT2D eigenvalue weighted by molar-refractivity contribution is 7.16. The average molecular weight is 273 g/mol. The van der Waals surface area contributed by atoms with Gasteiger partial charge in [-0.3, -0.25) is 0 Å². The molecule has 4 heteroatoms. The molecule has 0 spiro atoms. The van der Waals surface area contributed by atoms with Crippen LogP contribution in [0.5, 0.6) is 0 Å². The van der Waals surface area contributed by atoms with Crippen LogP contribution in [0.1, 0.15) is 24.6 Å². The van der Waals surface area contributed by atoms with E-state index < -0.39 is 0 Å². The Bertz CT molecular complexity index is 349. The van der Waals surface area contributed by atoms with Crippen LogP contribution >= 0.6 is 22.9 Å². The van der Waals surface area contributed by atoms with Gasteiger partial charge in [0.15, 0.2) is 0 Å². The number of thiophene rings is 1. The summed E-state index contributed by atoms with van der Waals surface area (Å²) in [5.74, 6) is 0.955. The minimum atomic E-state index is 0.744. The highest BCUT2D eigenvalue weighted by atomic mass is 35.5. The molecule has 1 aliphatic rings. The van der Waals surface area contributed by atoms with Crippen molar-refractivity contribution in [3.63, 3.8) is 0 Å².